The quantitative estimate of drug-likeness (QED) is 0.383. The van der Waals surface area contributed by atoms with Gasteiger partial charge in [-0.25, -0.2) is 4.79 Å². The number of carboxylic acid groups (broad SMARTS) is 1. The zero-order valence-corrected chi connectivity index (χ0v) is 17.9. The van der Waals surface area contributed by atoms with Crippen LogP contribution in [-0.2, 0) is 13.2 Å². The highest BCUT2D eigenvalue weighted by molar-refractivity contribution is 6.42. The van der Waals surface area contributed by atoms with Crippen molar-refractivity contribution in [1.29, 1.82) is 0 Å². The van der Waals surface area contributed by atoms with Crippen molar-refractivity contribution in [3.8, 4) is 5.75 Å². The lowest BCUT2D eigenvalue weighted by atomic mass is 10.1. The van der Waals surface area contributed by atoms with Gasteiger partial charge >= 0.3 is 5.97 Å². The van der Waals surface area contributed by atoms with Gasteiger partial charge in [0.25, 0.3) is 0 Å². The Bertz CT molecular complexity index is 1060. The predicted molar refractivity (Wildman–Crippen MR) is 118 cm³/mol. The van der Waals surface area contributed by atoms with Crippen molar-refractivity contribution in [2.24, 2.45) is 0 Å². The first-order chi connectivity index (χ1) is 13.8. The topological polar surface area (TPSA) is 58.6 Å². The van der Waals surface area contributed by atoms with Crippen LogP contribution in [0.3, 0.4) is 0 Å². The van der Waals surface area contributed by atoms with E-state index in [1.54, 1.807) is 30.3 Å². The molecule has 0 aliphatic rings. The molecule has 0 radical (unpaired) electrons. The van der Waals surface area contributed by atoms with Crippen molar-refractivity contribution >= 4 is 58.1 Å². The van der Waals surface area contributed by atoms with E-state index in [0.717, 1.165) is 11.1 Å². The fraction of sp³-hybridized carbons (Fsp3) is 0.0952. The van der Waals surface area contributed by atoms with E-state index in [1.165, 1.54) is 18.2 Å². The van der Waals surface area contributed by atoms with Crippen LogP contribution >= 0.6 is 46.4 Å². The Morgan fingerprint density at radius 1 is 0.897 bits per heavy atom. The molecule has 0 fully saturated rings. The van der Waals surface area contributed by atoms with Crippen LogP contribution in [0.1, 0.15) is 21.5 Å². The Kier molecular flexibility index (Phi) is 7.14. The summed E-state index contributed by atoms with van der Waals surface area (Å²) in [5.74, 6) is -0.406. The Balaban J connectivity index is 1.76. The van der Waals surface area contributed by atoms with Crippen LogP contribution in [0, 0.1) is 0 Å². The van der Waals surface area contributed by atoms with E-state index in [-0.39, 0.29) is 5.56 Å². The van der Waals surface area contributed by atoms with Crippen LogP contribution in [0.15, 0.2) is 54.6 Å². The van der Waals surface area contributed by atoms with Crippen LogP contribution in [-0.4, -0.2) is 11.1 Å². The fourth-order valence-corrected chi connectivity index (χ4v) is 3.30. The van der Waals surface area contributed by atoms with Crippen molar-refractivity contribution in [3.63, 3.8) is 0 Å². The summed E-state index contributed by atoms with van der Waals surface area (Å²) < 4.78 is 5.93. The Labute approximate surface area is 187 Å². The minimum atomic E-state index is -1.03. The lowest BCUT2D eigenvalue weighted by Gasteiger charge is -2.15. The van der Waals surface area contributed by atoms with E-state index >= 15 is 0 Å². The summed E-state index contributed by atoms with van der Waals surface area (Å²) in [4.78, 5) is 11.2. The van der Waals surface area contributed by atoms with Gasteiger partial charge in [0.1, 0.15) is 12.4 Å². The second-order valence-electron chi connectivity index (χ2n) is 6.14. The van der Waals surface area contributed by atoms with Gasteiger partial charge < -0.3 is 15.2 Å². The maximum atomic E-state index is 11.2. The third-order valence-electron chi connectivity index (χ3n) is 4.08. The van der Waals surface area contributed by atoms with Crippen molar-refractivity contribution in [2.75, 3.05) is 5.32 Å². The van der Waals surface area contributed by atoms with Gasteiger partial charge in [-0.3, -0.25) is 0 Å². The Morgan fingerprint density at radius 2 is 1.66 bits per heavy atom. The molecule has 3 rings (SSSR count). The molecule has 0 amide bonds. The lowest BCUT2D eigenvalue weighted by Crippen LogP contribution is -2.05. The number of rotatable bonds is 7. The molecule has 3 aromatic rings. The molecule has 3 aromatic carbocycles. The van der Waals surface area contributed by atoms with Crippen LogP contribution in [0.2, 0.25) is 20.1 Å². The molecule has 2 N–H and O–H groups in total. The molecule has 0 saturated carbocycles. The minimum absolute atomic E-state index is 0.138. The normalized spacial score (nSPS) is 10.6. The van der Waals surface area contributed by atoms with Crippen LogP contribution in [0.25, 0.3) is 0 Å². The van der Waals surface area contributed by atoms with Gasteiger partial charge in [0.15, 0.2) is 0 Å². The number of benzene rings is 3. The number of halogens is 4. The average Bonchev–Trinajstić information content (AvgIpc) is 2.69. The highest BCUT2D eigenvalue weighted by atomic mass is 35.5. The highest BCUT2D eigenvalue weighted by Crippen LogP contribution is 2.29. The van der Waals surface area contributed by atoms with Gasteiger partial charge in [0, 0.05) is 17.1 Å². The maximum Gasteiger partial charge on any atom is 0.335 e. The van der Waals surface area contributed by atoms with Gasteiger partial charge in [0.05, 0.1) is 26.3 Å². The van der Waals surface area contributed by atoms with Crippen molar-refractivity contribution in [1.82, 2.24) is 0 Å². The minimum Gasteiger partial charge on any atom is -0.489 e. The molecule has 0 heterocycles. The second kappa shape index (κ2) is 9.59. The molecule has 150 valence electrons. The fourth-order valence-electron chi connectivity index (χ4n) is 2.60. The number of nitrogens with one attached hydrogen (secondary N) is 1. The van der Waals surface area contributed by atoms with Gasteiger partial charge in [-0.15, -0.1) is 0 Å². The predicted octanol–water partition coefficient (Wildman–Crippen LogP) is 7.19. The maximum absolute atomic E-state index is 11.2. The molecular formula is C21H15Cl4NO3. The average molecular weight is 471 g/mol. The van der Waals surface area contributed by atoms with Crippen molar-refractivity contribution < 1.29 is 14.6 Å². The molecule has 29 heavy (non-hydrogen) atoms. The van der Waals surface area contributed by atoms with Crippen molar-refractivity contribution in [3.05, 3.63) is 91.4 Å². The summed E-state index contributed by atoms with van der Waals surface area (Å²) >= 11 is 24.3. The molecule has 0 saturated heterocycles. The zero-order valence-electron chi connectivity index (χ0n) is 14.9. The van der Waals surface area contributed by atoms with E-state index < -0.39 is 5.97 Å². The molecule has 0 spiro atoms. The van der Waals surface area contributed by atoms with Crippen LogP contribution < -0.4 is 10.1 Å². The summed E-state index contributed by atoms with van der Waals surface area (Å²) in [6.07, 6.45) is 0. The molecule has 0 unspecified atom stereocenters. The monoisotopic (exact) mass is 469 g/mol. The summed E-state index contributed by atoms with van der Waals surface area (Å²) in [5, 5.41) is 14.2. The Morgan fingerprint density at radius 3 is 2.38 bits per heavy atom. The van der Waals surface area contributed by atoms with Gasteiger partial charge in [-0.05, 0) is 54.1 Å². The first-order valence-corrected chi connectivity index (χ1v) is 9.96. The largest absolute Gasteiger partial charge is 0.489 e. The summed E-state index contributed by atoms with van der Waals surface area (Å²) in [6.45, 7) is 0.626. The van der Waals surface area contributed by atoms with E-state index in [4.69, 9.17) is 56.2 Å². The van der Waals surface area contributed by atoms with Crippen LogP contribution in [0.4, 0.5) is 5.69 Å². The molecule has 4 nitrogen and oxygen atoms in total. The van der Waals surface area contributed by atoms with E-state index in [9.17, 15) is 4.79 Å². The third kappa shape index (κ3) is 5.71. The molecule has 8 heteroatoms. The number of carboxylic acids is 1. The van der Waals surface area contributed by atoms with Gasteiger partial charge in [-0.1, -0.05) is 52.5 Å². The third-order valence-corrected chi connectivity index (χ3v) is 5.39. The summed E-state index contributed by atoms with van der Waals surface area (Å²) in [6, 6.07) is 15.0. The molecule has 0 aliphatic heterocycles. The van der Waals surface area contributed by atoms with E-state index in [1.807, 2.05) is 6.07 Å². The van der Waals surface area contributed by atoms with Gasteiger partial charge in [-0.2, -0.15) is 0 Å². The van der Waals surface area contributed by atoms with Crippen molar-refractivity contribution in [2.45, 2.75) is 13.2 Å². The van der Waals surface area contributed by atoms with E-state index in [0.29, 0.717) is 44.7 Å². The van der Waals surface area contributed by atoms with Crippen LogP contribution in [0.5, 0.6) is 5.75 Å². The SMILES string of the molecule is O=C(O)c1ccc(Cl)c(NCc2cc(Cl)ccc2OCc2ccc(Cl)c(Cl)c2)c1. The lowest BCUT2D eigenvalue weighted by molar-refractivity contribution is 0.0697. The molecule has 0 bridgehead atoms. The molecule has 0 aliphatic carbocycles. The molecule has 0 atom stereocenters. The summed E-state index contributed by atoms with van der Waals surface area (Å²) in [5.41, 5.74) is 2.29. The highest BCUT2D eigenvalue weighted by Gasteiger charge is 2.10. The number of ether oxygens (including phenoxy) is 1. The molecule has 0 aromatic heterocycles. The number of hydrogen-bond acceptors (Lipinski definition) is 3. The zero-order chi connectivity index (χ0) is 21.0. The standard InChI is InChI=1S/C21H15Cl4NO3/c22-15-3-6-20(29-11-12-1-4-16(23)18(25)7-12)14(8-15)10-26-19-9-13(21(27)28)2-5-17(19)24/h1-9,26H,10-11H2,(H,27,28). The summed E-state index contributed by atoms with van der Waals surface area (Å²) in [7, 11) is 0. The van der Waals surface area contributed by atoms with E-state index in [2.05, 4.69) is 5.32 Å². The molecular weight excluding hydrogens is 456 g/mol. The number of anilines is 1. The first-order valence-electron chi connectivity index (χ1n) is 8.45. The second-order valence-corrected chi connectivity index (χ2v) is 7.80. The first kappa shape index (κ1) is 21.6. The number of aromatic carboxylic acids is 1. The Hall–Kier alpha value is -2.11. The van der Waals surface area contributed by atoms with Gasteiger partial charge in [0.2, 0.25) is 0 Å². The number of hydrogen-bond donors (Lipinski definition) is 2. The number of carbonyl (C=O) groups is 1. The smallest absolute Gasteiger partial charge is 0.335 e.